The van der Waals surface area contributed by atoms with E-state index in [4.69, 9.17) is 15.0 Å². The molecule has 20 heavy (non-hydrogen) atoms. The minimum Gasteiger partial charge on any atom is -0.399 e. The van der Waals surface area contributed by atoms with Gasteiger partial charge in [-0.15, -0.1) is 0 Å². The van der Waals surface area contributed by atoms with Crippen molar-refractivity contribution in [2.75, 3.05) is 19.8 Å². The van der Waals surface area contributed by atoms with Gasteiger partial charge in [-0.3, -0.25) is 4.98 Å². The zero-order chi connectivity index (χ0) is 15.1. The number of nitrogens with two attached hydrogens (primary N) is 1. The minimum atomic E-state index is -0.469. The Morgan fingerprint density at radius 1 is 1.20 bits per heavy atom. The molecule has 6 heteroatoms. The van der Waals surface area contributed by atoms with Gasteiger partial charge < -0.3 is 19.9 Å². The fraction of sp³-hybridized carbons (Fsp3) is 0.643. The topological polar surface area (TPSA) is 60.6 Å². The van der Waals surface area contributed by atoms with Crippen molar-refractivity contribution in [1.29, 1.82) is 0 Å². The van der Waals surface area contributed by atoms with Crippen molar-refractivity contribution in [2.24, 2.45) is 0 Å². The van der Waals surface area contributed by atoms with Gasteiger partial charge in [0.1, 0.15) is 0 Å². The first-order valence-corrected chi connectivity index (χ1v) is 6.88. The maximum atomic E-state index is 6.14. The molecule has 0 aliphatic carbocycles. The first-order valence-electron chi connectivity index (χ1n) is 6.88. The first kappa shape index (κ1) is 15.3. The zero-order valence-corrected chi connectivity index (χ0v) is 13.2. The summed E-state index contributed by atoms with van der Waals surface area (Å²) in [4.78, 5) is 6.49. The predicted octanol–water partition coefficient (Wildman–Crippen LogP) is 1.02. The molecule has 0 spiro atoms. The SMILES string of the molecule is CN(C)Cc1nccc(N)c1B1OC(C)(C)C(C)(C)O1. The van der Waals surface area contributed by atoms with Crippen LogP contribution in [-0.2, 0) is 15.9 Å². The number of nitrogen functional groups attached to an aromatic ring is 1. The number of aromatic nitrogens is 1. The van der Waals surface area contributed by atoms with Crippen LogP contribution in [0.5, 0.6) is 0 Å². The van der Waals surface area contributed by atoms with Crippen molar-refractivity contribution in [2.45, 2.75) is 45.4 Å². The van der Waals surface area contributed by atoms with E-state index in [9.17, 15) is 0 Å². The van der Waals surface area contributed by atoms with E-state index in [1.807, 2.05) is 41.8 Å². The van der Waals surface area contributed by atoms with E-state index in [0.29, 0.717) is 12.2 Å². The summed E-state index contributed by atoms with van der Waals surface area (Å²) in [5, 5.41) is 0. The Morgan fingerprint density at radius 3 is 2.25 bits per heavy atom. The van der Waals surface area contributed by atoms with Crippen LogP contribution in [0.3, 0.4) is 0 Å². The molecular weight excluding hydrogens is 253 g/mol. The summed E-state index contributed by atoms with van der Waals surface area (Å²) in [6.45, 7) is 8.83. The van der Waals surface area contributed by atoms with Gasteiger partial charge in [0.25, 0.3) is 0 Å². The monoisotopic (exact) mass is 277 g/mol. The van der Waals surface area contributed by atoms with Gasteiger partial charge in [-0.05, 0) is 47.9 Å². The molecule has 0 amide bonds. The van der Waals surface area contributed by atoms with Crippen LogP contribution >= 0.6 is 0 Å². The molecule has 5 nitrogen and oxygen atoms in total. The first-order chi connectivity index (χ1) is 9.14. The summed E-state index contributed by atoms with van der Waals surface area (Å²) < 4.78 is 12.2. The molecule has 2 heterocycles. The van der Waals surface area contributed by atoms with Crippen molar-refractivity contribution in [1.82, 2.24) is 9.88 Å². The summed E-state index contributed by atoms with van der Waals surface area (Å²) in [6, 6.07) is 1.79. The number of rotatable bonds is 3. The van der Waals surface area contributed by atoms with Gasteiger partial charge in [-0.1, -0.05) is 0 Å². The van der Waals surface area contributed by atoms with Gasteiger partial charge in [-0.25, -0.2) is 0 Å². The Morgan fingerprint density at radius 2 is 1.75 bits per heavy atom. The molecule has 1 fully saturated rings. The van der Waals surface area contributed by atoms with Crippen LogP contribution in [0.2, 0.25) is 0 Å². The lowest BCUT2D eigenvalue weighted by Gasteiger charge is -2.32. The molecule has 1 aromatic rings. The smallest absolute Gasteiger partial charge is 0.399 e. The quantitative estimate of drug-likeness (QED) is 0.836. The van der Waals surface area contributed by atoms with Gasteiger partial charge in [0.15, 0.2) is 0 Å². The van der Waals surface area contributed by atoms with Crippen molar-refractivity contribution in [3.8, 4) is 0 Å². The molecule has 2 N–H and O–H groups in total. The van der Waals surface area contributed by atoms with Crippen LogP contribution in [0.25, 0.3) is 0 Å². The molecule has 2 rings (SSSR count). The Balaban J connectivity index is 2.39. The Kier molecular flexibility index (Phi) is 3.84. The summed E-state index contributed by atoms with van der Waals surface area (Å²) in [5.74, 6) is 0. The third-order valence-corrected chi connectivity index (χ3v) is 4.06. The largest absolute Gasteiger partial charge is 0.498 e. The molecule has 1 aromatic heterocycles. The number of hydrogen-bond acceptors (Lipinski definition) is 5. The zero-order valence-electron chi connectivity index (χ0n) is 13.2. The van der Waals surface area contributed by atoms with Crippen LogP contribution < -0.4 is 11.2 Å². The third-order valence-electron chi connectivity index (χ3n) is 4.06. The number of pyridine rings is 1. The van der Waals surface area contributed by atoms with Gasteiger partial charge in [0, 0.05) is 23.9 Å². The van der Waals surface area contributed by atoms with Gasteiger partial charge >= 0.3 is 7.12 Å². The minimum absolute atomic E-state index is 0.380. The molecule has 1 aliphatic heterocycles. The number of nitrogens with zero attached hydrogens (tertiary/aromatic N) is 2. The molecule has 0 radical (unpaired) electrons. The predicted molar refractivity (Wildman–Crippen MR) is 81.8 cm³/mol. The van der Waals surface area contributed by atoms with E-state index in [1.165, 1.54) is 0 Å². The number of anilines is 1. The molecule has 110 valence electrons. The van der Waals surface area contributed by atoms with Crippen LogP contribution in [0, 0.1) is 0 Å². The highest BCUT2D eigenvalue weighted by Crippen LogP contribution is 2.37. The van der Waals surface area contributed by atoms with Gasteiger partial charge in [-0.2, -0.15) is 0 Å². The van der Waals surface area contributed by atoms with E-state index in [2.05, 4.69) is 9.88 Å². The molecular formula is C14H24BN3O2. The molecule has 0 bridgehead atoms. The second-order valence-corrected chi connectivity index (χ2v) is 6.59. The van der Waals surface area contributed by atoms with Gasteiger partial charge in [0.05, 0.1) is 16.9 Å². The fourth-order valence-electron chi connectivity index (χ4n) is 2.19. The molecule has 1 saturated heterocycles. The van der Waals surface area contributed by atoms with Crippen LogP contribution in [0.15, 0.2) is 12.3 Å². The average Bonchev–Trinajstić information content (AvgIpc) is 2.46. The highest BCUT2D eigenvalue weighted by Gasteiger charge is 2.52. The van der Waals surface area contributed by atoms with Crippen LogP contribution in [0.1, 0.15) is 33.4 Å². The standard InChI is InChI=1S/C14H24BN3O2/c1-13(2)14(3,4)20-15(19-13)12-10(16)7-8-17-11(12)9-18(5)6/h7-8H,9H2,1-6H3,(H2,16,17). The average molecular weight is 277 g/mol. The van der Waals surface area contributed by atoms with Crippen molar-refractivity contribution in [3.05, 3.63) is 18.0 Å². The fourth-order valence-corrected chi connectivity index (χ4v) is 2.19. The third kappa shape index (κ3) is 2.68. The van der Waals surface area contributed by atoms with Crippen molar-refractivity contribution in [3.63, 3.8) is 0 Å². The van der Waals surface area contributed by atoms with Crippen LogP contribution in [0.4, 0.5) is 5.69 Å². The second-order valence-electron chi connectivity index (χ2n) is 6.59. The lowest BCUT2D eigenvalue weighted by atomic mass is 9.76. The summed E-state index contributed by atoms with van der Waals surface area (Å²) in [7, 11) is 3.53. The Hall–Kier alpha value is -1.11. The lowest BCUT2D eigenvalue weighted by molar-refractivity contribution is 0.00578. The summed E-state index contributed by atoms with van der Waals surface area (Å²) >= 11 is 0. The Bertz CT molecular complexity index is 487. The van der Waals surface area contributed by atoms with E-state index < -0.39 is 7.12 Å². The highest BCUT2D eigenvalue weighted by molar-refractivity contribution is 6.64. The second kappa shape index (κ2) is 5.02. The normalized spacial score (nSPS) is 20.6. The van der Waals surface area contributed by atoms with Crippen LogP contribution in [-0.4, -0.2) is 42.3 Å². The maximum absolute atomic E-state index is 6.14. The van der Waals surface area contributed by atoms with E-state index in [0.717, 1.165) is 11.2 Å². The molecule has 0 aromatic carbocycles. The molecule has 0 unspecified atom stereocenters. The summed E-state index contributed by atoms with van der Waals surface area (Å²) in [6.07, 6.45) is 1.73. The Labute approximate surface area is 121 Å². The van der Waals surface area contributed by atoms with Crippen molar-refractivity contribution < 1.29 is 9.31 Å². The lowest BCUT2D eigenvalue weighted by Crippen LogP contribution is -2.41. The maximum Gasteiger partial charge on any atom is 0.498 e. The molecule has 1 aliphatic rings. The van der Waals surface area contributed by atoms with E-state index in [1.54, 1.807) is 12.3 Å². The number of hydrogen-bond donors (Lipinski definition) is 1. The van der Waals surface area contributed by atoms with E-state index >= 15 is 0 Å². The molecule has 0 atom stereocenters. The van der Waals surface area contributed by atoms with E-state index in [-0.39, 0.29) is 11.2 Å². The van der Waals surface area contributed by atoms with Crippen molar-refractivity contribution >= 4 is 18.3 Å². The van der Waals surface area contributed by atoms with Gasteiger partial charge in [0.2, 0.25) is 0 Å². The highest BCUT2D eigenvalue weighted by atomic mass is 16.7. The molecule has 0 saturated carbocycles. The summed E-state index contributed by atoms with van der Waals surface area (Å²) in [5.41, 5.74) is 7.78.